The van der Waals surface area contributed by atoms with Crippen LogP contribution >= 0.6 is 23.4 Å². The second-order valence-corrected chi connectivity index (χ2v) is 6.78. The molecule has 3 rings (SSSR count). The molecule has 0 unspecified atom stereocenters. The first-order chi connectivity index (χ1) is 11.8. The summed E-state index contributed by atoms with van der Waals surface area (Å²) in [5, 5.41) is 13.2. The van der Waals surface area contributed by atoms with Crippen LogP contribution in [0.15, 0.2) is 35.7 Å². The van der Waals surface area contributed by atoms with Gasteiger partial charge in [0.1, 0.15) is 16.7 Å². The van der Waals surface area contributed by atoms with E-state index >= 15 is 0 Å². The molecule has 1 atom stereocenters. The number of nitrogens with zero attached hydrogens (tertiary/aromatic N) is 5. The van der Waals surface area contributed by atoms with Gasteiger partial charge >= 0.3 is 6.18 Å². The van der Waals surface area contributed by atoms with Crippen molar-refractivity contribution >= 4 is 29.0 Å². The van der Waals surface area contributed by atoms with Crippen molar-refractivity contribution in [2.24, 2.45) is 0 Å². The highest BCUT2D eigenvalue weighted by atomic mass is 35.5. The zero-order chi connectivity index (χ0) is 18.2. The van der Waals surface area contributed by atoms with Gasteiger partial charge in [-0.3, -0.25) is 0 Å². The van der Waals surface area contributed by atoms with E-state index in [0.29, 0.717) is 16.9 Å². The number of nitriles is 1. The van der Waals surface area contributed by atoms with Crippen molar-refractivity contribution in [3.05, 3.63) is 52.6 Å². The molecule has 0 saturated carbocycles. The molecule has 128 valence electrons. The summed E-state index contributed by atoms with van der Waals surface area (Å²) in [7, 11) is 0. The molecule has 25 heavy (non-hydrogen) atoms. The highest BCUT2D eigenvalue weighted by Gasteiger charge is 2.31. The first-order valence-electron chi connectivity index (χ1n) is 6.93. The summed E-state index contributed by atoms with van der Waals surface area (Å²) < 4.78 is 39.6. The van der Waals surface area contributed by atoms with Crippen molar-refractivity contribution in [2.75, 3.05) is 0 Å². The van der Waals surface area contributed by atoms with Gasteiger partial charge in [0, 0.05) is 12.4 Å². The standard InChI is InChI=1S/C15H9ClF3N5S/c1-8(12-2-3-21-13-9(5-20)6-23-24(12)13)25-14-11(16)4-10(7-22-14)15(17,18)19/h2-4,6-8H,1H3/t8-/m1/s1. The molecule has 5 nitrogen and oxygen atoms in total. The third-order valence-corrected chi connectivity index (χ3v) is 4.93. The zero-order valence-electron chi connectivity index (χ0n) is 12.6. The maximum absolute atomic E-state index is 12.7. The van der Waals surface area contributed by atoms with Gasteiger partial charge in [-0.15, -0.1) is 0 Å². The summed E-state index contributed by atoms with van der Waals surface area (Å²) in [6, 6.07) is 4.58. The lowest BCUT2D eigenvalue weighted by molar-refractivity contribution is -0.137. The molecule has 0 saturated heterocycles. The van der Waals surface area contributed by atoms with Crippen LogP contribution in [0, 0.1) is 11.3 Å². The third-order valence-electron chi connectivity index (χ3n) is 3.39. The van der Waals surface area contributed by atoms with Gasteiger partial charge < -0.3 is 0 Å². The highest BCUT2D eigenvalue weighted by Crippen LogP contribution is 2.39. The van der Waals surface area contributed by atoms with E-state index in [0.717, 1.165) is 12.3 Å². The number of alkyl halides is 3. The molecule has 3 heterocycles. The molecule has 0 aliphatic heterocycles. The molecule has 0 aromatic carbocycles. The van der Waals surface area contributed by atoms with Crippen LogP contribution in [0.4, 0.5) is 13.2 Å². The van der Waals surface area contributed by atoms with Crippen LogP contribution in [-0.4, -0.2) is 19.6 Å². The Morgan fingerprint density at radius 3 is 2.72 bits per heavy atom. The minimum atomic E-state index is -4.49. The van der Waals surface area contributed by atoms with Crippen LogP contribution in [0.2, 0.25) is 5.02 Å². The molecule has 10 heteroatoms. The Morgan fingerprint density at radius 2 is 2.08 bits per heavy atom. The summed E-state index contributed by atoms with van der Waals surface area (Å²) in [6.45, 7) is 1.84. The average molecular weight is 384 g/mol. The number of halogens is 4. The molecule has 3 aromatic heterocycles. The number of pyridine rings is 1. The Bertz CT molecular complexity index is 979. The summed E-state index contributed by atoms with van der Waals surface area (Å²) in [5.74, 6) is 0. The highest BCUT2D eigenvalue weighted by molar-refractivity contribution is 7.99. The van der Waals surface area contributed by atoms with Crippen molar-refractivity contribution in [3.8, 4) is 6.07 Å². The van der Waals surface area contributed by atoms with Gasteiger partial charge in [-0.2, -0.15) is 23.5 Å². The Balaban J connectivity index is 1.92. The van der Waals surface area contributed by atoms with Crippen molar-refractivity contribution < 1.29 is 13.2 Å². The van der Waals surface area contributed by atoms with Crippen LogP contribution in [0.5, 0.6) is 0 Å². The van der Waals surface area contributed by atoms with E-state index in [-0.39, 0.29) is 15.3 Å². The Kier molecular flexibility index (Phi) is 4.58. The molecule has 3 aromatic rings. The van der Waals surface area contributed by atoms with Crippen LogP contribution in [0.1, 0.15) is 29.0 Å². The van der Waals surface area contributed by atoms with Gasteiger partial charge in [-0.05, 0) is 19.1 Å². The van der Waals surface area contributed by atoms with E-state index in [1.165, 1.54) is 22.5 Å². The lowest BCUT2D eigenvalue weighted by Crippen LogP contribution is -2.06. The topological polar surface area (TPSA) is 66.9 Å². The average Bonchev–Trinajstić information content (AvgIpc) is 2.98. The third kappa shape index (κ3) is 3.41. The molecule has 0 fully saturated rings. The Morgan fingerprint density at radius 1 is 1.32 bits per heavy atom. The molecule has 0 bridgehead atoms. The minimum absolute atomic E-state index is 0.0739. The summed E-state index contributed by atoms with van der Waals surface area (Å²) in [5.41, 5.74) is 0.574. The van der Waals surface area contributed by atoms with E-state index in [1.54, 1.807) is 12.3 Å². The summed E-state index contributed by atoms with van der Waals surface area (Å²) in [4.78, 5) is 7.95. The normalized spacial score (nSPS) is 13.0. The first kappa shape index (κ1) is 17.5. The molecule has 0 N–H and O–H groups in total. The smallest absolute Gasteiger partial charge is 0.248 e. The van der Waals surface area contributed by atoms with Gasteiger partial charge in [-0.1, -0.05) is 23.4 Å². The fourth-order valence-corrected chi connectivity index (χ4v) is 3.41. The fourth-order valence-electron chi connectivity index (χ4n) is 2.19. The number of hydrogen-bond donors (Lipinski definition) is 0. The van der Waals surface area contributed by atoms with Crippen LogP contribution in [0.3, 0.4) is 0 Å². The SMILES string of the molecule is C[C@@H](Sc1ncc(C(F)(F)F)cc1Cl)c1ccnc2c(C#N)cnn12. The molecule has 0 aliphatic rings. The maximum Gasteiger partial charge on any atom is 0.417 e. The van der Waals surface area contributed by atoms with Crippen molar-refractivity contribution in [3.63, 3.8) is 0 Å². The summed E-state index contributed by atoms with van der Waals surface area (Å²) >= 11 is 7.14. The van der Waals surface area contributed by atoms with E-state index in [4.69, 9.17) is 16.9 Å². The molecular weight excluding hydrogens is 375 g/mol. The zero-order valence-corrected chi connectivity index (χ0v) is 14.2. The van der Waals surface area contributed by atoms with Crippen LogP contribution in [-0.2, 0) is 6.18 Å². The van der Waals surface area contributed by atoms with E-state index < -0.39 is 11.7 Å². The second kappa shape index (κ2) is 6.54. The Labute approximate surface area is 149 Å². The lowest BCUT2D eigenvalue weighted by Gasteiger charge is -2.14. The number of fused-ring (bicyclic) bond motifs is 1. The Hall–Kier alpha value is -2.31. The largest absolute Gasteiger partial charge is 0.417 e. The predicted molar refractivity (Wildman–Crippen MR) is 86.2 cm³/mol. The molecule has 0 amide bonds. The van der Waals surface area contributed by atoms with Gasteiger partial charge in [0.25, 0.3) is 0 Å². The molecular formula is C15H9ClF3N5S. The van der Waals surface area contributed by atoms with Crippen LogP contribution in [0.25, 0.3) is 5.65 Å². The molecule has 0 radical (unpaired) electrons. The second-order valence-electron chi connectivity index (χ2n) is 5.04. The molecule has 0 aliphatic carbocycles. The number of aromatic nitrogens is 4. The van der Waals surface area contributed by atoms with Gasteiger partial charge in [0.2, 0.25) is 0 Å². The first-order valence-corrected chi connectivity index (χ1v) is 8.19. The quantitative estimate of drug-likeness (QED) is 0.622. The molecule has 0 spiro atoms. The number of hydrogen-bond acceptors (Lipinski definition) is 5. The predicted octanol–water partition coefficient (Wildman–Crippen LogP) is 4.52. The fraction of sp³-hybridized carbons (Fsp3) is 0.200. The van der Waals surface area contributed by atoms with Crippen LogP contribution < -0.4 is 0 Å². The number of thioether (sulfide) groups is 1. The maximum atomic E-state index is 12.7. The van der Waals surface area contributed by atoms with Gasteiger partial charge in [0.15, 0.2) is 5.65 Å². The lowest BCUT2D eigenvalue weighted by atomic mass is 10.3. The van der Waals surface area contributed by atoms with Gasteiger partial charge in [0.05, 0.1) is 27.7 Å². The van der Waals surface area contributed by atoms with Gasteiger partial charge in [-0.25, -0.2) is 14.5 Å². The van der Waals surface area contributed by atoms with E-state index in [2.05, 4.69) is 15.1 Å². The summed E-state index contributed by atoms with van der Waals surface area (Å²) in [6.07, 6.45) is -0.783. The van der Waals surface area contributed by atoms with E-state index in [1.807, 2.05) is 13.0 Å². The number of rotatable bonds is 3. The monoisotopic (exact) mass is 383 g/mol. The van der Waals surface area contributed by atoms with E-state index in [9.17, 15) is 13.2 Å². The van der Waals surface area contributed by atoms with Crippen molar-refractivity contribution in [2.45, 2.75) is 23.4 Å². The minimum Gasteiger partial charge on any atom is -0.248 e. The van der Waals surface area contributed by atoms with Crippen molar-refractivity contribution in [1.29, 1.82) is 5.26 Å². The van der Waals surface area contributed by atoms with Crippen molar-refractivity contribution in [1.82, 2.24) is 19.6 Å².